The summed E-state index contributed by atoms with van der Waals surface area (Å²) in [5.74, 6) is -2.81. The van der Waals surface area contributed by atoms with E-state index in [0.29, 0.717) is 0 Å². The van der Waals surface area contributed by atoms with Gasteiger partial charge in [-0.1, -0.05) is 0 Å². The molecule has 94 valence electrons. The van der Waals surface area contributed by atoms with Gasteiger partial charge in [0.1, 0.15) is 14.0 Å². The number of rotatable bonds is 4. The average Bonchev–Trinajstić information content (AvgIpc) is 2.28. The van der Waals surface area contributed by atoms with E-state index in [2.05, 4.69) is 4.52 Å². The topological polar surface area (TPSA) is 85.2 Å². The van der Waals surface area contributed by atoms with Gasteiger partial charge in [-0.3, -0.25) is 9.09 Å². The lowest BCUT2D eigenvalue weighted by Gasteiger charge is -2.25. The number of hydrogen-bond acceptors (Lipinski definition) is 5. The maximum absolute atomic E-state index is 13.8. The third-order valence-electron chi connectivity index (χ3n) is 2.33. The second-order valence-corrected chi connectivity index (χ2v) is 5.65. The predicted octanol–water partition coefficient (Wildman–Crippen LogP) is -1.15. The first-order valence-corrected chi connectivity index (χ1v) is 6.75. The van der Waals surface area contributed by atoms with Gasteiger partial charge >= 0.3 is 7.60 Å². The highest BCUT2D eigenvalue weighted by Gasteiger charge is 2.57. The van der Waals surface area contributed by atoms with Crippen molar-refractivity contribution in [2.75, 3.05) is 20.4 Å². The number of ether oxygens (including phenoxy) is 2. The predicted molar refractivity (Wildman–Crippen MR) is 55.8 cm³/mol. The van der Waals surface area contributed by atoms with Gasteiger partial charge in [0.25, 0.3) is 5.85 Å². The number of methoxy groups -OCH3 is 1. The maximum Gasteiger partial charge on any atom is 0.325 e. The maximum atomic E-state index is 13.8. The Bertz CT molecular complexity index is 295. The molecule has 9 heteroatoms. The van der Waals surface area contributed by atoms with E-state index < -0.39 is 31.7 Å². The molecule has 1 rings (SSSR count). The van der Waals surface area contributed by atoms with Crippen LogP contribution < -0.4 is 0 Å². The molecule has 0 saturated carbocycles. The van der Waals surface area contributed by atoms with E-state index in [0.717, 1.165) is 6.66 Å². The van der Waals surface area contributed by atoms with Crippen LogP contribution in [-0.2, 0) is 18.6 Å². The van der Waals surface area contributed by atoms with E-state index in [-0.39, 0.29) is 6.61 Å². The van der Waals surface area contributed by atoms with Gasteiger partial charge in [0.15, 0.2) is 6.10 Å². The van der Waals surface area contributed by atoms with E-state index in [9.17, 15) is 14.1 Å². The highest BCUT2D eigenvalue weighted by Crippen LogP contribution is 2.45. The minimum Gasteiger partial charge on any atom is -0.382 e. The van der Waals surface area contributed by atoms with Crippen molar-refractivity contribution >= 4 is 15.4 Å². The van der Waals surface area contributed by atoms with Crippen molar-refractivity contribution in [2.24, 2.45) is 0 Å². The van der Waals surface area contributed by atoms with Crippen LogP contribution in [0, 0.1) is 0 Å². The summed E-state index contributed by atoms with van der Waals surface area (Å²) in [5.41, 5.74) is 0. The molecule has 0 aromatic heterocycles. The molecule has 2 N–H and O–H groups in total. The third-order valence-corrected chi connectivity index (χ3v) is 2.94. The second-order valence-electron chi connectivity index (χ2n) is 3.83. The summed E-state index contributed by atoms with van der Waals surface area (Å²) in [6.07, 6.45) is -2.46. The zero-order valence-corrected chi connectivity index (χ0v) is 10.2. The van der Waals surface area contributed by atoms with Gasteiger partial charge in [0.2, 0.25) is 0 Å². The van der Waals surface area contributed by atoms with Gasteiger partial charge in [-0.2, -0.15) is 0 Å². The fourth-order valence-electron chi connectivity index (χ4n) is 1.56. The van der Waals surface area contributed by atoms with Crippen LogP contribution >= 0.6 is 7.60 Å². The van der Waals surface area contributed by atoms with Crippen LogP contribution in [0.3, 0.4) is 0 Å². The zero-order chi connectivity index (χ0) is 12.6. The number of halogens is 1. The first-order valence-electron chi connectivity index (χ1n) is 4.73. The second kappa shape index (κ2) is 4.72. The Kier molecular flexibility index (Phi) is 4.16. The Morgan fingerprint density at radius 2 is 2.25 bits per heavy atom. The molecule has 1 heterocycles. The molecular weight excluding hydrogens is 241 g/mol. The summed E-state index contributed by atoms with van der Waals surface area (Å²) in [5, 5.41) is 9.48. The fraction of sp³-hybridized carbons (Fsp3) is 1.00. The van der Waals surface area contributed by atoms with Crippen LogP contribution in [0.5, 0.6) is 0 Å². The Morgan fingerprint density at radius 3 is 2.69 bits per heavy atom. The van der Waals surface area contributed by atoms with E-state index >= 15 is 0 Å². The summed E-state index contributed by atoms with van der Waals surface area (Å²) in [6, 6.07) is -1.15. The van der Waals surface area contributed by atoms with Gasteiger partial charge in [0, 0.05) is 13.8 Å². The molecule has 2 unspecified atom stereocenters. The molecule has 0 bridgehead atoms. The van der Waals surface area contributed by atoms with Crippen molar-refractivity contribution < 1.29 is 33.0 Å². The fourth-order valence-corrected chi connectivity index (χ4v) is 2.27. The summed E-state index contributed by atoms with van der Waals surface area (Å²) in [4.78, 5) is 9.04. The lowest BCUT2D eigenvalue weighted by molar-refractivity contribution is -0.150. The molecule has 1 aliphatic heterocycles. The van der Waals surface area contributed by atoms with E-state index in [4.69, 9.17) is 14.4 Å². The van der Waals surface area contributed by atoms with Crippen molar-refractivity contribution in [3.63, 3.8) is 0 Å². The van der Waals surface area contributed by atoms with Crippen LogP contribution in [-0.4, -0.2) is 62.3 Å². The molecule has 0 amide bonds. The van der Waals surface area contributed by atoms with Gasteiger partial charge in [-0.25, -0.2) is 4.39 Å². The van der Waals surface area contributed by atoms with Gasteiger partial charge in [-0.15, -0.1) is 0 Å². The van der Waals surface area contributed by atoms with Gasteiger partial charge in [0.05, 0.1) is 12.6 Å². The zero-order valence-electron chi connectivity index (χ0n) is 9.29. The Balaban J connectivity index is 2.85. The average molecular weight is 256 g/mol. The smallest absolute Gasteiger partial charge is 0.325 e. The van der Waals surface area contributed by atoms with Crippen molar-refractivity contribution in [2.45, 2.75) is 24.1 Å². The molecule has 16 heavy (non-hydrogen) atoms. The lowest BCUT2D eigenvalue weighted by atomic mass is 9.91. The van der Waals surface area contributed by atoms with Crippen LogP contribution in [0.15, 0.2) is 0 Å². The molecular formula is C7H15BFO6P. The third kappa shape index (κ3) is 3.03. The number of alkyl halides is 1. The molecule has 6 nitrogen and oxygen atoms in total. The van der Waals surface area contributed by atoms with Crippen LogP contribution in [0.4, 0.5) is 4.39 Å². The van der Waals surface area contributed by atoms with Crippen molar-refractivity contribution in [3.05, 3.63) is 0 Å². The summed E-state index contributed by atoms with van der Waals surface area (Å²) in [7, 11) is -1.24. The highest BCUT2D eigenvalue weighted by atomic mass is 31.2. The summed E-state index contributed by atoms with van der Waals surface area (Å²) < 4.78 is 39.3. The van der Waals surface area contributed by atoms with E-state index in [1.807, 2.05) is 0 Å². The lowest BCUT2D eigenvalue weighted by Crippen LogP contribution is -2.46. The highest BCUT2D eigenvalue weighted by molar-refractivity contribution is 7.51. The molecule has 5 atom stereocenters. The van der Waals surface area contributed by atoms with Crippen LogP contribution in [0.25, 0.3) is 0 Å². The molecule has 1 fully saturated rings. The molecule has 0 radical (unpaired) electrons. The minimum absolute atomic E-state index is 0.0404. The van der Waals surface area contributed by atoms with Crippen molar-refractivity contribution in [1.29, 1.82) is 0 Å². The Hall–Kier alpha value is 0.0249. The number of hydrogen-bond donors (Lipinski definition) is 2. The normalized spacial score (nSPS) is 43.2. The largest absolute Gasteiger partial charge is 0.382 e. The van der Waals surface area contributed by atoms with E-state index in [1.54, 1.807) is 0 Å². The van der Waals surface area contributed by atoms with E-state index in [1.165, 1.54) is 15.0 Å². The van der Waals surface area contributed by atoms with Gasteiger partial charge < -0.3 is 19.5 Å². The Morgan fingerprint density at radius 1 is 1.69 bits per heavy atom. The first kappa shape index (κ1) is 14.1. The monoisotopic (exact) mass is 256 g/mol. The molecule has 0 aromatic carbocycles. The SMILES string of the molecule is B[C@@H]1O[C@H](COC)[C@H](OP(C)(=O)O)C1(O)F. The molecule has 0 spiro atoms. The molecule has 1 saturated heterocycles. The van der Waals surface area contributed by atoms with Crippen LogP contribution in [0.1, 0.15) is 0 Å². The number of aliphatic hydroxyl groups is 1. The van der Waals surface area contributed by atoms with Crippen molar-refractivity contribution in [3.8, 4) is 0 Å². The first-order chi connectivity index (χ1) is 7.18. The van der Waals surface area contributed by atoms with Crippen LogP contribution in [0.2, 0.25) is 0 Å². The molecule has 1 aliphatic rings. The quantitative estimate of drug-likeness (QED) is 0.488. The van der Waals surface area contributed by atoms with Crippen molar-refractivity contribution in [1.82, 2.24) is 0 Å². The summed E-state index contributed by atoms with van der Waals surface area (Å²) in [6.45, 7) is 0.872. The molecule has 0 aliphatic carbocycles. The summed E-state index contributed by atoms with van der Waals surface area (Å²) >= 11 is 0. The standard InChI is InChI=1S/C7H15BFO6P/c1-13-3-4-5(15-16(2,11)12)7(9,10)6(8)14-4/h4-6,10H,3,8H2,1-2H3,(H,11,12)/t4-,5+,6-,7?/m1/s1. The minimum atomic E-state index is -3.92. The molecule has 0 aromatic rings. The Labute approximate surface area is 93.6 Å². The van der Waals surface area contributed by atoms with Gasteiger partial charge in [-0.05, 0) is 0 Å².